The molecular weight excluding hydrogens is 578 g/mol. The first-order valence-corrected chi connectivity index (χ1v) is 15.0. The molecule has 0 aliphatic rings. The molecule has 2 aromatic heterocycles. The predicted molar refractivity (Wildman–Crippen MR) is 171 cm³/mol. The molecule has 1 atom stereocenters. The van der Waals surface area contributed by atoms with Crippen LogP contribution in [0.2, 0.25) is 0 Å². The number of aliphatic hydroxyl groups excluding tert-OH is 1. The van der Waals surface area contributed by atoms with E-state index in [-0.39, 0.29) is 18.9 Å². The molecule has 0 saturated carbocycles. The molecule has 0 aliphatic carbocycles. The molecule has 2 heterocycles. The molecule has 2 aromatic carbocycles. The van der Waals surface area contributed by atoms with E-state index >= 15 is 4.39 Å². The highest BCUT2D eigenvalue weighted by molar-refractivity contribution is 5.88. The van der Waals surface area contributed by atoms with Crippen molar-refractivity contribution < 1.29 is 28.2 Å². The number of amides is 1. The fourth-order valence-electron chi connectivity index (χ4n) is 5.17. The molecule has 45 heavy (non-hydrogen) atoms. The molecule has 0 bridgehead atoms. The van der Waals surface area contributed by atoms with E-state index in [0.717, 1.165) is 34.0 Å². The van der Waals surface area contributed by atoms with Gasteiger partial charge in [-0.3, -0.25) is 9.67 Å². The van der Waals surface area contributed by atoms with Gasteiger partial charge in [0.25, 0.3) is 0 Å². The fourth-order valence-corrected chi connectivity index (χ4v) is 5.17. The zero-order valence-electron chi connectivity index (χ0n) is 27.9. The van der Waals surface area contributed by atoms with Crippen molar-refractivity contribution in [3.63, 3.8) is 0 Å². The number of hydrogen-bond acceptors (Lipinski definition) is 6. The van der Waals surface area contributed by atoms with Gasteiger partial charge >= 0.3 is 6.09 Å². The van der Waals surface area contributed by atoms with Crippen LogP contribution in [0, 0.1) is 30.9 Å². The topological polar surface area (TPSA) is 89.7 Å². The van der Waals surface area contributed by atoms with Gasteiger partial charge in [-0.25, -0.2) is 9.18 Å². The Morgan fingerprint density at radius 3 is 2.40 bits per heavy atom. The van der Waals surface area contributed by atoms with E-state index in [2.05, 4.69) is 10.1 Å². The van der Waals surface area contributed by atoms with Crippen molar-refractivity contribution >= 4 is 17.0 Å². The molecule has 10 heteroatoms. The lowest BCUT2D eigenvalue weighted by Crippen LogP contribution is -2.33. The van der Waals surface area contributed by atoms with Crippen LogP contribution in [0.25, 0.3) is 22.0 Å². The summed E-state index contributed by atoms with van der Waals surface area (Å²) in [6.45, 7) is 15.3. The number of pyridine rings is 1. The second kappa shape index (κ2) is 12.7. The first kappa shape index (κ1) is 33.8. The molecule has 1 unspecified atom stereocenters. The van der Waals surface area contributed by atoms with Gasteiger partial charge in [0, 0.05) is 55.0 Å². The van der Waals surface area contributed by atoms with E-state index in [1.165, 1.54) is 11.0 Å². The summed E-state index contributed by atoms with van der Waals surface area (Å²) in [5.74, 6) is -2.31. The molecule has 4 aromatic rings. The molecule has 0 fully saturated rings. The van der Waals surface area contributed by atoms with Crippen LogP contribution >= 0.6 is 0 Å². The number of benzene rings is 2. The number of fused-ring (bicyclic) bond motifs is 1. The summed E-state index contributed by atoms with van der Waals surface area (Å²) >= 11 is 0. The van der Waals surface area contributed by atoms with Crippen molar-refractivity contribution in [2.75, 3.05) is 13.7 Å². The van der Waals surface area contributed by atoms with E-state index in [0.29, 0.717) is 28.8 Å². The number of carbonyl (C=O) groups excluding carboxylic acids is 1. The Labute approximate surface area is 264 Å². The van der Waals surface area contributed by atoms with Crippen molar-refractivity contribution in [3.05, 3.63) is 76.2 Å². The SMILES string of the molecule is Cc1cc(CN(C)C(=O)OC(C)(C)C)c2cc(-c3ccc(F)c(F)c3OCCc3c(C(O)C(C)(C)C)nn(C)c3C)ccc2n1. The van der Waals surface area contributed by atoms with Gasteiger partial charge in [0.05, 0.1) is 17.8 Å². The third-order valence-corrected chi connectivity index (χ3v) is 7.66. The second-order valence-electron chi connectivity index (χ2n) is 13.7. The van der Waals surface area contributed by atoms with Crippen molar-refractivity contribution in [2.24, 2.45) is 12.5 Å². The summed E-state index contributed by atoms with van der Waals surface area (Å²) in [6.07, 6.45) is -0.938. The maximum absolute atomic E-state index is 15.3. The summed E-state index contributed by atoms with van der Waals surface area (Å²) in [7, 11) is 3.47. The molecule has 1 N–H and O–H groups in total. The summed E-state index contributed by atoms with van der Waals surface area (Å²) in [6, 6.07) is 9.93. The Balaban J connectivity index is 1.68. The fraction of sp³-hybridized carbons (Fsp3) is 0.457. The first-order chi connectivity index (χ1) is 20.9. The average Bonchev–Trinajstić information content (AvgIpc) is 3.21. The lowest BCUT2D eigenvalue weighted by Gasteiger charge is -2.25. The summed E-state index contributed by atoms with van der Waals surface area (Å²) in [5, 5.41) is 16.3. The Hall–Kier alpha value is -4.05. The molecule has 8 nitrogen and oxygen atoms in total. The van der Waals surface area contributed by atoms with Gasteiger partial charge in [0.1, 0.15) is 11.7 Å². The van der Waals surface area contributed by atoms with Crippen LogP contribution in [0.1, 0.15) is 75.9 Å². The second-order valence-corrected chi connectivity index (χ2v) is 13.7. The number of aromatic nitrogens is 3. The van der Waals surface area contributed by atoms with Gasteiger partial charge in [-0.2, -0.15) is 9.49 Å². The molecule has 0 saturated heterocycles. The largest absolute Gasteiger partial charge is 0.489 e. The number of carbonyl (C=O) groups is 1. The van der Waals surface area contributed by atoms with Gasteiger partial charge in [0.2, 0.25) is 5.82 Å². The van der Waals surface area contributed by atoms with Crippen LogP contribution in [0.3, 0.4) is 0 Å². The zero-order valence-corrected chi connectivity index (χ0v) is 27.9. The van der Waals surface area contributed by atoms with E-state index in [9.17, 15) is 14.3 Å². The normalized spacial score (nSPS) is 12.8. The lowest BCUT2D eigenvalue weighted by atomic mass is 9.85. The van der Waals surface area contributed by atoms with Crippen LogP contribution in [-0.2, 0) is 24.8 Å². The Bertz CT molecular complexity index is 1720. The third-order valence-electron chi connectivity index (χ3n) is 7.66. The molecule has 0 radical (unpaired) electrons. The molecular formula is C35H44F2N4O4. The quantitative estimate of drug-likeness (QED) is 0.218. The standard InChI is InChI=1S/C35H44F2N4O4/c1-20-17-23(19-40(9)33(43)45-35(6,7)8)26-18-22(11-14-28(26)38-20)25-12-13-27(36)29(37)31(25)44-16-15-24-21(2)41(10)39-30(24)32(42)34(3,4)5/h11-14,17-18,32,42H,15-16,19H2,1-10H3. The summed E-state index contributed by atoms with van der Waals surface area (Å²) in [5.41, 5.74) is 4.42. The minimum atomic E-state index is -1.09. The van der Waals surface area contributed by atoms with E-state index in [1.54, 1.807) is 24.8 Å². The highest BCUT2D eigenvalue weighted by Crippen LogP contribution is 2.37. The number of nitrogens with zero attached hydrogens (tertiary/aromatic N) is 4. The smallest absolute Gasteiger partial charge is 0.410 e. The van der Waals surface area contributed by atoms with Gasteiger partial charge in [-0.05, 0) is 81.5 Å². The molecule has 242 valence electrons. The number of rotatable bonds is 8. The molecule has 0 spiro atoms. The predicted octanol–water partition coefficient (Wildman–Crippen LogP) is 7.60. The first-order valence-electron chi connectivity index (χ1n) is 15.0. The third kappa shape index (κ3) is 7.61. The van der Waals surface area contributed by atoms with Crippen LogP contribution in [0.15, 0.2) is 36.4 Å². The van der Waals surface area contributed by atoms with Crippen LogP contribution < -0.4 is 4.74 Å². The van der Waals surface area contributed by atoms with Crippen molar-refractivity contribution in [3.8, 4) is 16.9 Å². The lowest BCUT2D eigenvalue weighted by molar-refractivity contribution is 0.0285. The van der Waals surface area contributed by atoms with Crippen molar-refractivity contribution in [1.29, 1.82) is 0 Å². The Kier molecular flexibility index (Phi) is 9.59. The van der Waals surface area contributed by atoms with Crippen molar-refractivity contribution in [2.45, 2.75) is 80.1 Å². The number of ether oxygens (including phenoxy) is 2. The monoisotopic (exact) mass is 622 g/mol. The molecule has 1 amide bonds. The van der Waals surface area contributed by atoms with E-state index in [4.69, 9.17) is 9.47 Å². The van der Waals surface area contributed by atoms with Crippen LogP contribution in [0.4, 0.5) is 13.6 Å². The number of aryl methyl sites for hydroxylation is 2. The van der Waals surface area contributed by atoms with Gasteiger partial charge < -0.3 is 19.5 Å². The van der Waals surface area contributed by atoms with Crippen LogP contribution in [-0.4, -0.2) is 50.1 Å². The van der Waals surface area contributed by atoms with Gasteiger partial charge in [-0.15, -0.1) is 0 Å². The number of hydrogen-bond donors (Lipinski definition) is 1. The van der Waals surface area contributed by atoms with E-state index < -0.39 is 34.8 Å². The Morgan fingerprint density at radius 2 is 1.76 bits per heavy atom. The highest BCUT2D eigenvalue weighted by atomic mass is 19.2. The van der Waals surface area contributed by atoms with Gasteiger partial charge in [0.15, 0.2) is 11.6 Å². The zero-order chi connectivity index (χ0) is 33.4. The number of aliphatic hydroxyl groups is 1. The summed E-state index contributed by atoms with van der Waals surface area (Å²) in [4.78, 5) is 18.8. The number of halogens is 2. The summed E-state index contributed by atoms with van der Waals surface area (Å²) < 4.78 is 43.1. The minimum absolute atomic E-state index is 0.0318. The Morgan fingerprint density at radius 1 is 1.07 bits per heavy atom. The minimum Gasteiger partial charge on any atom is -0.489 e. The maximum Gasteiger partial charge on any atom is 0.410 e. The highest BCUT2D eigenvalue weighted by Gasteiger charge is 2.30. The average molecular weight is 623 g/mol. The maximum atomic E-state index is 15.3. The molecule has 0 aliphatic heterocycles. The molecule has 4 rings (SSSR count). The van der Waals surface area contributed by atoms with Crippen molar-refractivity contribution in [1.82, 2.24) is 19.7 Å². The van der Waals surface area contributed by atoms with Crippen LogP contribution in [0.5, 0.6) is 5.75 Å². The van der Waals surface area contributed by atoms with Gasteiger partial charge in [-0.1, -0.05) is 26.8 Å². The van der Waals surface area contributed by atoms with E-state index in [1.807, 2.05) is 73.6 Å².